The molecule has 2 rings (SSSR count). The first-order valence-corrected chi connectivity index (χ1v) is 11.3. The van der Waals surface area contributed by atoms with Crippen LogP contribution in [0.25, 0.3) is 0 Å². The summed E-state index contributed by atoms with van der Waals surface area (Å²) in [6, 6.07) is 0. The van der Waals surface area contributed by atoms with Gasteiger partial charge in [-0.05, 0) is 0 Å². The predicted octanol–water partition coefficient (Wildman–Crippen LogP) is 5.75. The molecule has 0 radical (unpaired) electrons. The molecule has 130 valence electrons. The van der Waals surface area contributed by atoms with E-state index < -0.39 is 0 Å². The Bertz CT molecular complexity index is 273. The third kappa shape index (κ3) is 8.73. The van der Waals surface area contributed by atoms with Gasteiger partial charge >= 0.3 is 0 Å². The molecule has 0 aromatic carbocycles. The lowest BCUT2D eigenvalue weighted by molar-refractivity contribution is 0.419. The van der Waals surface area contributed by atoms with Crippen molar-refractivity contribution in [3.8, 4) is 0 Å². The largest absolute Gasteiger partial charge is 0.0858 e. The van der Waals surface area contributed by atoms with Crippen LogP contribution < -0.4 is 0 Å². The van der Waals surface area contributed by atoms with Crippen molar-refractivity contribution in [1.29, 1.82) is 0 Å². The van der Waals surface area contributed by atoms with Gasteiger partial charge in [0.15, 0.2) is 0 Å². The molecule has 2 saturated carbocycles. The molecule has 2 aliphatic rings. The summed E-state index contributed by atoms with van der Waals surface area (Å²) in [5.41, 5.74) is 0. The number of hydrogen-bond acceptors (Lipinski definition) is 0. The molecule has 2 aliphatic carbocycles. The minimum atomic E-state index is 0.688. The molecule has 0 aromatic heterocycles. The molecular weight excluding hydrogens is 273 g/mol. The molecule has 3 heteroatoms. The molecule has 0 aliphatic heterocycles. The van der Waals surface area contributed by atoms with Gasteiger partial charge in [-0.15, -0.1) is 0 Å². The maximum Gasteiger partial charge on any atom is 0.0858 e. The second-order valence-electron chi connectivity index (χ2n) is 9.24. The standard InChI is InChI=1S/C20H41B3/c1-20(17-13-9-6-10-14-18-20)22-23-21-19-15-11-7-4-2-3-5-8-12-16-19/h19,21-23H,2-18H2,1H3. The number of hydrogen-bond donors (Lipinski definition) is 0. The molecule has 0 N–H and O–H groups in total. The SMILES string of the molecule is CC1(BBBC2CCCCCCCCCC2)CCCCCCC1. The van der Waals surface area contributed by atoms with Crippen LogP contribution in [0.1, 0.15) is 116 Å². The van der Waals surface area contributed by atoms with Crippen molar-refractivity contribution in [3.63, 3.8) is 0 Å². The first kappa shape index (κ1) is 19.5. The molecule has 2 fully saturated rings. The topological polar surface area (TPSA) is 0 Å². The van der Waals surface area contributed by atoms with Crippen molar-refractivity contribution in [1.82, 2.24) is 0 Å². The lowest BCUT2D eigenvalue weighted by atomic mass is 9.11. The maximum atomic E-state index is 2.61. The highest BCUT2D eigenvalue weighted by Crippen LogP contribution is 2.39. The lowest BCUT2D eigenvalue weighted by Crippen LogP contribution is -2.28. The second kappa shape index (κ2) is 11.7. The minimum Gasteiger partial charge on any atom is -0.0740 e. The van der Waals surface area contributed by atoms with Crippen molar-refractivity contribution in [3.05, 3.63) is 0 Å². The molecule has 0 atom stereocenters. The molecule has 0 amide bonds. The highest BCUT2D eigenvalue weighted by Gasteiger charge is 2.26. The second-order valence-corrected chi connectivity index (χ2v) is 9.24. The summed E-state index contributed by atoms with van der Waals surface area (Å²) in [4.78, 5) is 0. The third-order valence-corrected chi connectivity index (χ3v) is 6.93. The van der Waals surface area contributed by atoms with Gasteiger partial charge in [-0.1, -0.05) is 127 Å². The summed E-state index contributed by atoms with van der Waals surface area (Å²) in [5, 5.41) is 0.688. The zero-order chi connectivity index (χ0) is 16.2. The van der Waals surface area contributed by atoms with Gasteiger partial charge in [0.2, 0.25) is 0 Å². The van der Waals surface area contributed by atoms with Crippen LogP contribution in [0, 0.1) is 0 Å². The highest BCUT2D eigenvalue weighted by molar-refractivity contribution is 7.30. The van der Waals surface area contributed by atoms with E-state index in [1.54, 1.807) is 0 Å². The summed E-state index contributed by atoms with van der Waals surface area (Å²) in [7, 11) is 4.57. The van der Waals surface area contributed by atoms with Crippen LogP contribution in [0.2, 0.25) is 11.1 Å². The van der Waals surface area contributed by atoms with Gasteiger partial charge in [0.05, 0.1) is 21.4 Å². The van der Waals surface area contributed by atoms with Crippen LogP contribution in [-0.4, -0.2) is 21.4 Å². The van der Waals surface area contributed by atoms with Gasteiger partial charge in [0, 0.05) is 0 Å². The highest BCUT2D eigenvalue weighted by atomic mass is 14.2. The molecule has 0 spiro atoms. The first-order valence-electron chi connectivity index (χ1n) is 11.3. The smallest absolute Gasteiger partial charge is 0.0740 e. The lowest BCUT2D eigenvalue weighted by Gasteiger charge is -2.31. The molecule has 0 bridgehead atoms. The van der Waals surface area contributed by atoms with E-state index in [1.165, 1.54) is 131 Å². The summed E-state index contributed by atoms with van der Waals surface area (Å²) in [6.45, 7) is 2.61. The third-order valence-electron chi connectivity index (χ3n) is 6.93. The maximum absolute atomic E-state index is 2.61. The van der Waals surface area contributed by atoms with Crippen molar-refractivity contribution >= 4 is 21.4 Å². The van der Waals surface area contributed by atoms with Gasteiger partial charge < -0.3 is 0 Å². The molecular formula is C20H41B3. The number of rotatable bonds is 4. The fourth-order valence-electron chi connectivity index (χ4n) is 5.19. The fraction of sp³-hybridized carbons (Fsp3) is 1.00. The van der Waals surface area contributed by atoms with E-state index in [-0.39, 0.29) is 0 Å². The summed E-state index contributed by atoms with van der Waals surface area (Å²) >= 11 is 0. The molecule has 0 nitrogen and oxygen atoms in total. The Balaban J connectivity index is 1.68. The van der Waals surface area contributed by atoms with E-state index >= 15 is 0 Å². The van der Waals surface area contributed by atoms with Crippen LogP contribution >= 0.6 is 0 Å². The zero-order valence-corrected chi connectivity index (χ0v) is 16.2. The molecule has 0 unspecified atom stereocenters. The average molecular weight is 314 g/mol. The monoisotopic (exact) mass is 314 g/mol. The van der Waals surface area contributed by atoms with Gasteiger partial charge in [-0.2, -0.15) is 0 Å². The van der Waals surface area contributed by atoms with Crippen molar-refractivity contribution < 1.29 is 0 Å². The van der Waals surface area contributed by atoms with Crippen LogP contribution in [0.3, 0.4) is 0 Å². The fourth-order valence-corrected chi connectivity index (χ4v) is 5.19. The molecule has 0 aromatic rings. The summed E-state index contributed by atoms with van der Waals surface area (Å²) < 4.78 is 0. The summed E-state index contributed by atoms with van der Waals surface area (Å²) in [5.74, 6) is 1.06. The normalized spacial score (nSPS) is 25.4. The molecule has 23 heavy (non-hydrogen) atoms. The van der Waals surface area contributed by atoms with E-state index in [2.05, 4.69) is 6.92 Å². The van der Waals surface area contributed by atoms with E-state index in [0.717, 1.165) is 5.82 Å². The van der Waals surface area contributed by atoms with E-state index in [0.29, 0.717) is 5.31 Å². The van der Waals surface area contributed by atoms with Crippen LogP contribution in [0.15, 0.2) is 0 Å². The Morgan fingerprint density at radius 2 is 1.04 bits per heavy atom. The van der Waals surface area contributed by atoms with Crippen LogP contribution in [-0.2, 0) is 0 Å². The van der Waals surface area contributed by atoms with Crippen LogP contribution in [0.5, 0.6) is 0 Å². The first-order chi connectivity index (χ1) is 11.3. The minimum absolute atomic E-state index is 0.688. The van der Waals surface area contributed by atoms with E-state index in [9.17, 15) is 0 Å². The zero-order valence-electron chi connectivity index (χ0n) is 16.2. The Kier molecular flexibility index (Phi) is 9.93. The van der Waals surface area contributed by atoms with Gasteiger partial charge in [-0.3, -0.25) is 0 Å². The molecule has 0 saturated heterocycles. The van der Waals surface area contributed by atoms with Crippen molar-refractivity contribution in [2.24, 2.45) is 0 Å². The van der Waals surface area contributed by atoms with E-state index in [4.69, 9.17) is 0 Å². The Hall–Kier alpha value is 0.195. The van der Waals surface area contributed by atoms with Gasteiger partial charge in [0.25, 0.3) is 0 Å². The van der Waals surface area contributed by atoms with Gasteiger partial charge in [0.1, 0.15) is 0 Å². The van der Waals surface area contributed by atoms with Crippen molar-refractivity contribution in [2.75, 3.05) is 0 Å². The summed E-state index contributed by atoms with van der Waals surface area (Å²) in [6.07, 6.45) is 25.7. The quantitative estimate of drug-likeness (QED) is 0.579. The Morgan fingerprint density at radius 3 is 1.57 bits per heavy atom. The van der Waals surface area contributed by atoms with Crippen molar-refractivity contribution in [2.45, 2.75) is 127 Å². The predicted molar refractivity (Wildman–Crippen MR) is 112 cm³/mol. The van der Waals surface area contributed by atoms with Crippen LogP contribution in [0.4, 0.5) is 0 Å². The van der Waals surface area contributed by atoms with E-state index in [1.807, 2.05) is 0 Å². The average Bonchev–Trinajstić information content (AvgIpc) is 2.58. The van der Waals surface area contributed by atoms with Gasteiger partial charge in [-0.25, -0.2) is 0 Å². The Morgan fingerprint density at radius 1 is 0.609 bits per heavy atom. The Labute approximate surface area is 149 Å². The molecule has 0 heterocycles.